The molecule has 0 aliphatic heterocycles. The molecule has 130 valence electrons. The van der Waals surface area contributed by atoms with E-state index in [1.807, 2.05) is 24.3 Å². The van der Waals surface area contributed by atoms with Crippen molar-refractivity contribution in [2.75, 3.05) is 18.5 Å². The second-order valence-corrected chi connectivity index (χ2v) is 6.30. The summed E-state index contributed by atoms with van der Waals surface area (Å²) in [6.45, 7) is 0.173. The van der Waals surface area contributed by atoms with E-state index in [9.17, 15) is 9.36 Å². The second-order valence-electron chi connectivity index (χ2n) is 5.06. The van der Waals surface area contributed by atoms with Crippen LogP contribution in [0.3, 0.4) is 0 Å². The molecule has 0 bridgehead atoms. The van der Waals surface area contributed by atoms with E-state index in [0.29, 0.717) is 25.1 Å². The monoisotopic (exact) mass is 354 g/mol. The van der Waals surface area contributed by atoms with Gasteiger partial charge in [-0.1, -0.05) is 24.3 Å². The fourth-order valence-corrected chi connectivity index (χ4v) is 2.39. The van der Waals surface area contributed by atoms with Gasteiger partial charge in [0.05, 0.1) is 13.2 Å². The number of nitrogens with zero attached hydrogens (tertiary/aromatic N) is 1. The molecule has 1 aromatic carbocycles. The molecule has 3 N–H and O–H groups in total. The average Bonchev–Trinajstić information content (AvgIpc) is 2.53. The number of rotatable bonds is 8. The smallest absolute Gasteiger partial charge is 0.449 e. The van der Waals surface area contributed by atoms with E-state index in [1.165, 1.54) is 0 Å². The predicted molar refractivity (Wildman–Crippen MR) is 88.6 cm³/mol. The molecule has 9 heteroatoms. The van der Waals surface area contributed by atoms with Gasteiger partial charge in [-0.05, 0) is 30.7 Å². The van der Waals surface area contributed by atoms with Crippen LogP contribution in [0.5, 0.6) is 0 Å². The van der Waals surface area contributed by atoms with Gasteiger partial charge in [0.1, 0.15) is 5.82 Å². The summed E-state index contributed by atoms with van der Waals surface area (Å²) in [6.07, 6.45) is 2.75. The van der Waals surface area contributed by atoms with Crippen molar-refractivity contribution in [2.24, 2.45) is 0 Å². The van der Waals surface area contributed by atoms with Crippen LogP contribution in [0.2, 0.25) is 0 Å². The number of carbonyl (C=O) groups is 1. The second kappa shape index (κ2) is 8.75. The lowest BCUT2D eigenvalue weighted by atomic mass is 10.2. The largest absolute Gasteiger partial charge is 0.469 e. The van der Waals surface area contributed by atoms with E-state index in [-0.39, 0.29) is 13.2 Å². The highest BCUT2D eigenvalue weighted by Gasteiger charge is 2.12. The molecule has 24 heavy (non-hydrogen) atoms. The van der Waals surface area contributed by atoms with Crippen molar-refractivity contribution in [3.8, 4) is 0 Å². The summed E-state index contributed by atoms with van der Waals surface area (Å²) in [4.78, 5) is 32.8. The molecule has 0 atom stereocenters. The topological polar surface area (TPSA) is 118 Å². The molecular weight excluding hydrogens is 335 g/mol. The lowest BCUT2D eigenvalue weighted by Gasteiger charge is -2.07. The van der Waals surface area contributed by atoms with Gasteiger partial charge in [-0.15, -0.1) is 0 Å². The zero-order valence-electron chi connectivity index (χ0n) is 12.9. The normalized spacial score (nSPS) is 11.4. The Hall–Kier alpha value is -1.99. The SMILES string of the molecule is O=C(Nc1cc2ccccc2cn1)OCCCCCOP(=O)(O)O. The van der Waals surface area contributed by atoms with Gasteiger partial charge >= 0.3 is 13.9 Å². The Labute approximate surface area is 139 Å². The molecule has 0 spiro atoms. The molecule has 0 unspecified atom stereocenters. The maximum Gasteiger partial charge on any atom is 0.469 e. The summed E-state index contributed by atoms with van der Waals surface area (Å²) in [7, 11) is -4.40. The van der Waals surface area contributed by atoms with Crippen LogP contribution in [0, 0.1) is 0 Å². The van der Waals surface area contributed by atoms with Gasteiger partial charge < -0.3 is 14.5 Å². The van der Waals surface area contributed by atoms with Crippen LogP contribution in [-0.2, 0) is 13.8 Å². The van der Waals surface area contributed by atoms with Gasteiger partial charge in [-0.3, -0.25) is 9.84 Å². The van der Waals surface area contributed by atoms with Crippen LogP contribution in [0.1, 0.15) is 19.3 Å². The highest BCUT2D eigenvalue weighted by molar-refractivity contribution is 7.46. The van der Waals surface area contributed by atoms with Crippen LogP contribution in [-0.4, -0.2) is 34.1 Å². The van der Waals surface area contributed by atoms with Gasteiger partial charge in [0, 0.05) is 11.6 Å². The first kappa shape index (κ1) is 18.4. The van der Waals surface area contributed by atoms with E-state index in [0.717, 1.165) is 10.8 Å². The van der Waals surface area contributed by atoms with Crippen molar-refractivity contribution in [1.82, 2.24) is 4.98 Å². The number of carbonyl (C=O) groups excluding carboxylic acids is 1. The van der Waals surface area contributed by atoms with Crippen molar-refractivity contribution in [2.45, 2.75) is 19.3 Å². The van der Waals surface area contributed by atoms with Crippen molar-refractivity contribution >= 4 is 30.5 Å². The fourth-order valence-electron chi connectivity index (χ4n) is 2.02. The fraction of sp³-hybridized carbons (Fsp3) is 0.333. The van der Waals surface area contributed by atoms with E-state index in [2.05, 4.69) is 14.8 Å². The lowest BCUT2D eigenvalue weighted by molar-refractivity contribution is 0.157. The van der Waals surface area contributed by atoms with Crippen molar-refractivity contribution in [1.29, 1.82) is 0 Å². The van der Waals surface area contributed by atoms with Crippen molar-refractivity contribution in [3.05, 3.63) is 36.5 Å². The number of aromatic nitrogens is 1. The number of amides is 1. The number of hydrogen-bond donors (Lipinski definition) is 3. The first-order chi connectivity index (χ1) is 11.4. The van der Waals surface area contributed by atoms with E-state index >= 15 is 0 Å². The third kappa shape index (κ3) is 6.64. The first-order valence-electron chi connectivity index (χ1n) is 7.43. The molecule has 0 saturated heterocycles. The average molecular weight is 354 g/mol. The lowest BCUT2D eigenvalue weighted by Crippen LogP contribution is -2.15. The third-order valence-electron chi connectivity index (χ3n) is 3.14. The number of ether oxygens (including phenoxy) is 1. The number of benzene rings is 1. The van der Waals surface area contributed by atoms with Crippen LogP contribution in [0.4, 0.5) is 10.6 Å². The van der Waals surface area contributed by atoms with Crippen molar-refractivity contribution < 1.29 is 28.4 Å². The molecular formula is C15H19N2O6P. The Bertz CT molecular complexity index is 733. The maximum atomic E-state index is 11.7. The number of nitrogens with one attached hydrogen (secondary N) is 1. The van der Waals surface area contributed by atoms with Crippen LogP contribution in [0.25, 0.3) is 10.8 Å². The standard InChI is InChI=1S/C15H19N2O6P/c18-15(22-8-4-1-5-9-23-24(19,20)21)17-14-10-12-6-2-3-7-13(12)11-16-14/h2-3,6-7,10-11H,1,4-5,8-9H2,(H,16,17,18)(H2,19,20,21). The van der Waals surface area contributed by atoms with Crippen molar-refractivity contribution in [3.63, 3.8) is 0 Å². The number of phosphoric ester groups is 1. The molecule has 8 nitrogen and oxygen atoms in total. The molecule has 2 aromatic rings. The van der Waals surface area contributed by atoms with Crippen LogP contribution >= 0.6 is 7.82 Å². The predicted octanol–water partition coefficient (Wildman–Crippen LogP) is 3.06. The zero-order chi connectivity index (χ0) is 17.4. The molecule has 0 fully saturated rings. The maximum absolute atomic E-state index is 11.7. The van der Waals surface area contributed by atoms with E-state index in [1.54, 1.807) is 12.3 Å². The molecule has 0 radical (unpaired) electrons. The van der Waals surface area contributed by atoms with Crippen LogP contribution in [0.15, 0.2) is 36.5 Å². The highest BCUT2D eigenvalue weighted by atomic mass is 31.2. The Morgan fingerprint density at radius 2 is 1.83 bits per heavy atom. The molecule has 0 saturated carbocycles. The molecule has 1 heterocycles. The van der Waals surface area contributed by atoms with Gasteiger partial charge in [-0.25, -0.2) is 14.3 Å². The van der Waals surface area contributed by atoms with Gasteiger partial charge in [0.2, 0.25) is 0 Å². The third-order valence-corrected chi connectivity index (χ3v) is 3.66. The summed E-state index contributed by atoms with van der Waals surface area (Å²) in [5.74, 6) is 0.411. The number of phosphoric acid groups is 1. The minimum atomic E-state index is -4.40. The van der Waals surface area contributed by atoms with E-state index < -0.39 is 13.9 Å². The number of hydrogen-bond acceptors (Lipinski definition) is 5. The van der Waals surface area contributed by atoms with Gasteiger partial charge in [-0.2, -0.15) is 0 Å². The zero-order valence-corrected chi connectivity index (χ0v) is 13.8. The number of pyridine rings is 1. The number of fused-ring (bicyclic) bond motifs is 1. The van der Waals surface area contributed by atoms with E-state index in [4.69, 9.17) is 14.5 Å². The summed E-state index contributed by atoms with van der Waals surface area (Å²) < 4.78 is 19.8. The van der Waals surface area contributed by atoms with Gasteiger partial charge in [0.15, 0.2) is 0 Å². The molecule has 1 aromatic heterocycles. The summed E-state index contributed by atoms with van der Waals surface area (Å²) in [5.41, 5.74) is 0. The Morgan fingerprint density at radius 1 is 1.12 bits per heavy atom. The molecule has 2 rings (SSSR count). The molecule has 1 amide bonds. The first-order valence-corrected chi connectivity index (χ1v) is 8.96. The Kier molecular flexibility index (Phi) is 6.69. The Balaban J connectivity index is 1.65. The summed E-state index contributed by atoms with van der Waals surface area (Å²) in [5, 5.41) is 4.50. The molecule has 0 aliphatic rings. The van der Waals surface area contributed by atoms with Gasteiger partial charge in [0.25, 0.3) is 0 Å². The van der Waals surface area contributed by atoms with Crippen LogP contribution < -0.4 is 5.32 Å². The molecule has 0 aliphatic carbocycles. The number of unbranched alkanes of at least 4 members (excludes halogenated alkanes) is 2. The minimum absolute atomic E-state index is 0.0303. The number of anilines is 1. The quantitative estimate of drug-likeness (QED) is 0.492. The minimum Gasteiger partial charge on any atom is -0.449 e. The summed E-state index contributed by atoms with van der Waals surface area (Å²) >= 11 is 0. The Morgan fingerprint density at radius 3 is 2.58 bits per heavy atom. The summed E-state index contributed by atoms with van der Waals surface area (Å²) in [6, 6.07) is 9.43. The highest BCUT2D eigenvalue weighted by Crippen LogP contribution is 2.35.